The Kier molecular flexibility index (Phi) is 9.07. The molecule has 0 rings (SSSR count). The molecule has 0 amide bonds. The van der Waals surface area contributed by atoms with Crippen LogP contribution in [0.1, 0.15) is 0 Å². The summed E-state index contributed by atoms with van der Waals surface area (Å²) >= 11 is 0. The van der Waals surface area contributed by atoms with Crippen molar-refractivity contribution < 1.29 is 25.2 Å². The smallest absolute Gasteiger partial charge is 0.335 e. The number of aliphatic hydroxyl groups is 3. The molecule has 0 aromatic heterocycles. The molecule has 0 saturated carbocycles. The van der Waals surface area contributed by atoms with Gasteiger partial charge in [-0.2, -0.15) is 0 Å². The second kappa shape index (κ2) is 6.68. The maximum absolute atomic E-state index is 9.78. The van der Waals surface area contributed by atoms with Crippen molar-refractivity contribution in [2.75, 3.05) is 6.61 Å². The molecule has 0 spiro atoms. The van der Waals surface area contributed by atoms with Crippen LogP contribution in [0.15, 0.2) is 0 Å². The number of aliphatic carboxylic acids is 1. The second-order valence-electron chi connectivity index (χ2n) is 1.53. The van der Waals surface area contributed by atoms with Gasteiger partial charge in [-0.15, -0.1) is 0 Å². The molecular weight excluding hydrogens is 167 g/mol. The fraction of sp³-hybridized carbons (Fsp3) is 0.750. The Labute approximate surface area is 100 Å². The summed E-state index contributed by atoms with van der Waals surface area (Å²) in [6.45, 7) is -0.756. The molecule has 0 aromatic rings. The van der Waals surface area contributed by atoms with Gasteiger partial charge in [0.05, 0.1) is 6.61 Å². The van der Waals surface area contributed by atoms with Crippen molar-refractivity contribution in [2.24, 2.45) is 0 Å². The van der Waals surface area contributed by atoms with E-state index in [0.717, 1.165) is 0 Å². The zero-order valence-corrected chi connectivity index (χ0v) is 8.68. The van der Waals surface area contributed by atoms with E-state index < -0.39 is 24.8 Å². The summed E-state index contributed by atoms with van der Waals surface area (Å²) in [6, 6.07) is 0. The molecule has 1 radical (unpaired) electrons. The van der Waals surface area contributed by atoms with Crippen LogP contribution < -0.4 is 0 Å². The largest absolute Gasteiger partial charge is 0.479 e. The maximum Gasteiger partial charge on any atom is 0.335 e. The van der Waals surface area contributed by atoms with Crippen LogP contribution in [0.5, 0.6) is 0 Å². The Morgan fingerprint density at radius 1 is 1.40 bits per heavy atom. The summed E-state index contributed by atoms with van der Waals surface area (Å²) < 4.78 is 0. The van der Waals surface area contributed by atoms with E-state index in [9.17, 15) is 4.79 Å². The molecule has 10 heavy (non-hydrogen) atoms. The Hall–Kier alpha value is 0.986. The molecule has 0 saturated heterocycles. The minimum absolute atomic E-state index is 0. The first kappa shape index (κ1) is 13.6. The molecule has 0 fully saturated rings. The maximum atomic E-state index is 9.78. The van der Waals surface area contributed by atoms with Gasteiger partial charge < -0.3 is 20.4 Å². The predicted molar refractivity (Wildman–Crippen MR) is 32.5 cm³/mol. The number of hydrogen-bond donors (Lipinski definition) is 4. The number of rotatable bonds is 3. The average molecular weight is 175 g/mol. The van der Waals surface area contributed by atoms with Gasteiger partial charge in [-0.3, -0.25) is 0 Å². The summed E-state index contributed by atoms with van der Waals surface area (Å²) in [5.74, 6) is -1.54. The number of carboxylic acid groups (broad SMARTS) is 1. The Bertz CT molecular complexity index is 106. The van der Waals surface area contributed by atoms with Gasteiger partial charge in [0.25, 0.3) is 0 Å². The Morgan fingerprint density at radius 3 is 1.90 bits per heavy atom. The minimum atomic E-state index is -1.89. The molecule has 0 aliphatic carbocycles. The zero-order valence-electron chi connectivity index (χ0n) is 5.56. The fourth-order valence-electron chi connectivity index (χ4n) is 0.264. The molecule has 0 aliphatic heterocycles. The molecule has 4 N–H and O–H groups in total. The number of carboxylic acids is 1. The third-order valence-electron chi connectivity index (χ3n) is 0.805. The standard InChI is InChI=1S/C4H8O5.K/c5-1-2(6)3(7)4(8)9;/h2-3,5-7H,1H2,(H,8,9);/t2-,3-;/m1./s1. The summed E-state index contributed by atoms with van der Waals surface area (Å²) in [7, 11) is 0. The molecule has 2 atom stereocenters. The van der Waals surface area contributed by atoms with Gasteiger partial charge in [0.1, 0.15) is 6.10 Å². The van der Waals surface area contributed by atoms with Crippen LogP contribution in [-0.4, -0.2) is 96.6 Å². The first-order chi connectivity index (χ1) is 4.09. The van der Waals surface area contributed by atoms with Crippen molar-refractivity contribution in [3.05, 3.63) is 0 Å². The summed E-state index contributed by atoms with van der Waals surface area (Å²) in [5, 5.41) is 32.8. The van der Waals surface area contributed by atoms with Crippen LogP contribution in [0.2, 0.25) is 0 Å². The molecule has 0 heterocycles. The normalized spacial score (nSPS) is 15.1. The number of carbonyl (C=O) groups is 1. The van der Waals surface area contributed by atoms with Crippen molar-refractivity contribution >= 4 is 57.4 Å². The monoisotopic (exact) mass is 175 g/mol. The van der Waals surface area contributed by atoms with Crippen molar-refractivity contribution in [3.63, 3.8) is 0 Å². The van der Waals surface area contributed by atoms with E-state index in [1.165, 1.54) is 0 Å². The van der Waals surface area contributed by atoms with Gasteiger partial charge in [0, 0.05) is 51.4 Å². The molecule has 55 valence electrons. The predicted octanol–water partition coefficient (Wildman–Crippen LogP) is -2.60. The summed E-state index contributed by atoms with van der Waals surface area (Å²) in [4.78, 5) is 9.78. The van der Waals surface area contributed by atoms with Crippen LogP contribution >= 0.6 is 0 Å². The minimum Gasteiger partial charge on any atom is -0.479 e. The van der Waals surface area contributed by atoms with Gasteiger partial charge in [0.15, 0.2) is 6.10 Å². The van der Waals surface area contributed by atoms with Crippen LogP contribution in [0.25, 0.3) is 0 Å². The van der Waals surface area contributed by atoms with Gasteiger partial charge in [-0.25, -0.2) is 4.79 Å². The SMILES string of the molecule is O=C(O)[C@H](O)[C@H](O)CO.[K]. The van der Waals surface area contributed by atoms with Crippen molar-refractivity contribution in [3.8, 4) is 0 Å². The first-order valence-corrected chi connectivity index (χ1v) is 2.29. The van der Waals surface area contributed by atoms with Crippen molar-refractivity contribution in [2.45, 2.75) is 12.2 Å². The summed E-state index contributed by atoms with van der Waals surface area (Å²) in [6.07, 6.45) is -3.49. The molecule has 6 heteroatoms. The van der Waals surface area contributed by atoms with E-state index in [0.29, 0.717) is 0 Å². The number of hydrogen-bond acceptors (Lipinski definition) is 4. The summed E-state index contributed by atoms with van der Waals surface area (Å²) in [5.41, 5.74) is 0. The van der Waals surface area contributed by atoms with Gasteiger partial charge in [-0.05, 0) is 0 Å². The van der Waals surface area contributed by atoms with Gasteiger partial charge in [-0.1, -0.05) is 0 Å². The van der Waals surface area contributed by atoms with E-state index in [1.807, 2.05) is 0 Å². The van der Waals surface area contributed by atoms with Gasteiger partial charge >= 0.3 is 5.97 Å². The quantitative estimate of drug-likeness (QED) is 0.353. The second-order valence-corrected chi connectivity index (χ2v) is 1.53. The van der Waals surface area contributed by atoms with Crippen molar-refractivity contribution in [1.82, 2.24) is 0 Å². The van der Waals surface area contributed by atoms with E-state index in [-0.39, 0.29) is 51.4 Å². The third kappa shape index (κ3) is 4.75. The van der Waals surface area contributed by atoms with Gasteiger partial charge in [0.2, 0.25) is 0 Å². The fourth-order valence-corrected chi connectivity index (χ4v) is 0.264. The van der Waals surface area contributed by atoms with E-state index in [1.54, 1.807) is 0 Å². The zero-order chi connectivity index (χ0) is 7.44. The average Bonchev–Trinajstić information content (AvgIpc) is 1.84. The molecule has 5 nitrogen and oxygen atoms in total. The third-order valence-corrected chi connectivity index (χ3v) is 0.805. The van der Waals surface area contributed by atoms with Crippen LogP contribution in [0.4, 0.5) is 0 Å². The topological polar surface area (TPSA) is 98.0 Å². The van der Waals surface area contributed by atoms with E-state index in [4.69, 9.17) is 20.4 Å². The molecule has 0 aliphatic rings. The molecule has 0 aromatic carbocycles. The Morgan fingerprint density at radius 2 is 1.80 bits per heavy atom. The van der Waals surface area contributed by atoms with E-state index >= 15 is 0 Å². The van der Waals surface area contributed by atoms with Crippen LogP contribution in [0.3, 0.4) is 0 Å². The van der Waals surface area contributed by atoms with E-state index in [2.05, 4.69) is 0 Å². The van der Waals surface area contributed by atoms with Crippen LogP contribution in [-0.2, 0) is 4.79 Å². The molecule has 0 bridgehead atoms. The number of aliphatic hydroxyl groups excluding tert-OH is 3. The van der Waals surface area contributed by atoms with Crippen molar-refractivity contribution in [1.29, 1.82) is 0 Å². The van der Waals surface area contributed by atoms with Crippen LogP contribution in [0, 0.1) is 0 Å². The Balaban J connectivity index is 0. The first-order valence-electron chi connectivity index (χ1n) is 2.29. The molecule has 0 unspecified atom stereocenters. The molecular formula is C4H8KO5.